The number of thiocyanates is 1. The normalized spacial score (nSPS) is 11.8. The van der Waals surface area contributed by atoms with Crippen LogP contribution in [0.3, 0.4) is 0 Å². The maximum atomic E-state index is 9.35. The van der Waals surface area contributed by atoms with Crippen LogP contribution in [0.15, 0.2) is 70.5 Å². The second kappa shape index (κ2) is 4.40. The lowest BCUT2D eigenvalue weighted by Gasteiger charge is -2.27. The molecule has 0 fully saturated rings. The zero-order chi connectivity index (χ0) is 11.4. The summed E-state index contributed by atoms with van der Waals surface area (Å²) in [5.41, 5.74) is 0. The number of hydrogen-bond donors (Lipinski definition) is 1. The molecule has 2 aromatic carbocycles. The number of nitrogens with two attached hydrogens (primary N) is 1. The monoisotopic (exact) mass is 228 g/mol. The Morgan fingerprint density at radius 3 is 1.50 bits per heavy atom. The molecule has 0 aliphatic carbocycles. The summed E-state index contributed by atoms with van der Waals surface area (Å²) in [6.07, 6.45) is 0. The van der Waals surface area contributed by atoms with E-state index in [1.165, 1.54) is 0 Å². The van der Waals surface area contributed by atoms with Crippen molar-refractivity contribution >= 4 is 10.2 Å². The van der Waals surface area contributed by atoms with E-state index in [-0.39, 0.29) is 0 Å². The van der Waals surface area contributed by atoms with Gasteiger partial charge in [-0.1, -0.05) is 36.4 Å². The second-order valence-corrected chi connectivity index (χ2v) is 5.82. The molecule has 2 nitrogen and oxygen atoms in total. The molecule has 0 heterocycles. The first-order valence-corrected chi connectivity index (χ1v) is 6.59. The molecule has 0 amide bonds. The summed E-state index contributed by atoms with van der Waals surface area (Å²) in [6, 6.07) is 19.1. The van der Waals surface area contributed by atoms with Crippen molar-refractivity contribution < 1.29 is 0 Å². The van der Waals surface area contributed by atoms with Crippen LogP contribution in [0.1, 0.15) is 0 Å². The van der Waals surface area contributed by atoms with Crippen molar-refractivity contribution in [1.82, 2.24) is 0 Å². The van der Waals surface area contributed by atoms with Gasteiger partial charge in [0.05, 0.1) is 0 Å². The van der Waals surface area contributed by atoms with Crippen LogP contribution in [-0.2, 0) is 0 Å². The Morgan fingerprint density at radius 2 is 1.19 bits per heavy atom. The van der Waals surface area contributed by atoms with Crippen molar-refractivity contribution in [1.29, 1.82) is 5.26 Å². The van der Waals surface area contributed by atoms with Gasteiger partial charge < -0.3 is 0 Å². The summed E-state index contributed by atoms with van der Waals surface area (Å²) >= 11 is 0. The summed E-state index contributed by atoms with van der Waals surface area (Å²) < 4.78 is 0. The molecule has 0 spiro atoms. The fourth-order valence-corrected chi connectivity index (χ4v) is 3.17. The maximum Gasteiger partial charge on any atom is 0.135 e. The third kappa shape index (κ3) is 1.81. The average Bonchev–Trinajstić information content (AvgIpc) is 2.40. The van der Waals surface area contributed by atoms with Gasteiger partial charge in [0.15, 0.2) is 0 Å². The van der Waals surface area contributed by atoms with E-state index in [1.807, 2.05) is 60.7 Å². The number of hydrogen-bond acceptors (Lipinski definition) is 2. The summed E-state index contributed by atoms with van der Waals surface area (Å²) in [5.74, 6) is 0. The lowest BCUT2D eigenvalue weighted by molar-refractivity contribution is 1.35. The van der Waals surface area contributed by atoms with Crippen LogP contribution < -0.4 is 5.14 Å². The van der Waals surface area contributed by atoms with Gasteiger partial charge in [-0.15, -0.1) is 0 Å². The molecule has 0 radical (unpaired) electrons. The van der Waals surface area contributed by atoms with Crippen LogP contribution in [0.2, 0.25) is 0 Å². The first-order chi connectivity index (χ1) is 7.77. The Hall–Kier alpha value is -1.76. The molecule has 0 atom stereocenters. The highest BCUT2D eigenvalue weighted by Crippen LogP contribution is 2.54. The summed E-state index contributed by atoms with van der Waals surface area (Å²) in [5, 5.41) is 17.9. The fourth-order valence-electron chi connectivity index (χ4n) is 1.51. The van der Waals surface area contributed by atoms with Crippen molar-refractivity contribution in [3.05, 3.63) is 60.7 Å². The molecule has 16 heavy (non-hydrogen) atoms. The molecule has 2 aromatic rings. The molecule has 0 bridgehead atoms. The molecule has 3 heteroatoms. The van der Waals surface area contributed by atoms with E-state index < -0.39 is 10.2 Å². The van der Waals surface area contributed by atoms with Gasteiger partial charge >= 0.3 is 0 Å². The van der Waals surface area contributed by atoms with Gasteiger partial charge in [-0.05, 0) is 34.5 Å². The van der Waals surface area contributed by atoms with E-state index in [0.29, 0.717) is 0 Å². The Balaban J connectivity index is 2.55. The maximum absolute atomic E-state index is 9.35. The van der Waals surface area contributed by atoms with Crippen LogP contribution in [0, 0.1) is 10.7 Å². The van der Waals surface area contributed by atoms with E-state index in [1.54, 1.807) is 0 Å². The van der Waals surface area contributed by atoms with Gasteiger partial charge in [-0.2, -0.15) is 5.26 Å². The first-order valence-electron chi connectivity index (χ1n) is 4.89. The molecular weight excluding hydrogens is 216 g/mol. The lowest BCUT2D eigenvalue weighted by atomic mass is 10.4. The number of nitriles is 1. The van der Waals surface area contributed by atoms with Crippen molar-refractivity contribution in [3.8, 4) is 5.40 Å². The standard InChI is InChI=1S/C13H12N2S/c14-11-16(15,12-7-3-1-4-8-12)13-9-5-2-6-10-13/h1-10H,15H2. The molecule has 2 rings (SSSR count). The predicted octanol–water partition coefficient (Wildman–Crippen LogP) is 3.26. The molecule has 0 saturated heterocycles. The molecule has 0 aliphatic heterocycles. The van der Waals surface area contributed by atoms with Gasteiger partial charge in [0.25, 0.3) is 0 Å². The molecule has 0 unspecified atom stereocenters. The van der Waals surface area contributed by atoms with Crippen LogP contribution in [0.5, 0.6) is 0 Å². The fraction of sp³-hybridized carbons (Fsp3) is 0. The van der Waals surface area contributed by atoms with E-state index in [2.05, 4.69) is 5.40 Å². The molecule has 80 valence electrons. The van der Waals surface area contributed by atoms with Gasteiger partial charge in [-0.25, -0.2) is 0 Å². The van der Waals surface area contributed by atoms with Crippen LogP contribution in [0.25, 0.3) is 0 Å². The highest BCUT2D eigenvalue weighted by atomic mass is 32.3. The summed E-state index contributed by atoms with van der Waals surface area (Å²) in [7, 11) is -2.03. The average molecular weight is 228 g/mol. The third-order valence-corrected chi connectivity index (χ3v) is 4.69. The Morgan fingerprint density at radius 1 is 0.812 bits per heavy atom. The quantitative estimate of drug-likeness (QED) is 0.802. The zero-order valence-electron chi connectivity index (χ0n) is 8.71. The van der Waals surface area contributed by atoms with E-state index in [9.17, 15) is 5.26 Å². The van der Waals surface area contributed by atoms with Crippen molar-refractivity contribution in [2.45, 2.75) is 9.79 Å². The minimum absolute atomic E-state index is 0.892. The molecule has 0 aliphatic rings. The van der Waals surface area contributed by atoms with Gasteiger partial charge in [0, 0.05) is 9.79 Å². The summed E-state index contributed by atoms with van der Waals surface area (Å²) in [4.78, 5) is 1.78. The highest BCUT2D eigenvalue weighted by molar-refractivity contribution is 8.35. The Labute approximate surface area is 96.8 Å². The van der Waals surface area contributed by atoms with E-state index >= 15 is 0 Å². The number of benzene rings is 2. The number of nitrogens with zero attached hydrogens (tertiary/aromatic N) is 1. The smallest absolute Gasteiger partial charge is 0.135 e. The van der Waals surface area contributed by atoms with Crippen molar-refractivity contribution in [2.24, 2.45) is 5.14 Å². The molecule has 2 N–H and O–H groups in total. The molecule has 0 aromatic heterocycles. The first kappa shape index (κ1) is 10.7. The zero-order valence-corrected chi connectivity index (χ0v) is 9.52. The number of rotatable bonds is 2. The Kier molecular flexibility index (Phi) is 2.95. The topological polar surface area (TPSA) is 49.8 Å². The summed E-state index contributed by atoms with van der Waals surface area (Å²) in [6.45, 7) is 0. The minimum atomic E-state index is -2.03. The van der Waals surface area contributed by atoms with Gasteiger partial charge in [0.1, 0.15) is 5.40 Å². The van der Waals surface area contributed by atoms with Gasteiger partial charge in [-0.3, -0.25) is 5.14 Å². The lowest BCUT2D eigenvalue weighted by Crippen LogP contribution is -2.09. The third-order valence-electron chi connectivity index (χ3n) is 2.37. The molecular formula is C13H12N2S. The van der Waals surface area contributed by atoms with Crippen LogP contribution in [-0.4, -0.2) is 0 Å². The minimum Gasteiger partial charge on any atom is -0.276 e. The second-order valence-electron chi connectivity index (χ2n) is 3.38. The van der Waals surface area contributed by atoms with Crippen molar-refractivity contribution in [2.75, 3.05) is 0 Å². The van der Waals surface area contributed by atoms with E-state index in [4.69, 9.17) is 5.14 Å². The van der Waals surface area contributed by atoms with E-state index in [0.717, 1.165) is 9.79 Å². The van der Waals surface area contributed by atoms with Crippen LogP contribution >= 0.6 is 10.2 Å². The largest absolute Gasteiger partial charge is 0.276 e. The predicted molar refractivity (Wildman–Crippen MR) is 66.8 cm³/mol. The van der Waals surface area contributed by atoms with Crippen LogP contribution in [0.4, 0.5) is 0 Å². The Bertz CT molecular complexity index is 463. The SMILES string of the molecule is N#CS(N)(c1ccccc1)c1ccccc1. The van der Waals surface area contributed by atoms with Gasteiger partial charge in [0.2, 0.25) is 0 Å². The van der Waals surface area contributed by atoms with Crippen molar-refractivity contribution in [3.63, 3.8) is 0 Å². The molecule has 0 saturated carbocycles. The highest BCUT2D eigenvalue weighted by Gasteiger charge is 2.22.